The van der Waals surface area contributed by atoms with Crippen LogP contribution in [0.4, 0.5) is 5.95 Å². The number of carboxylic acids is 1. The lowest BCUT2D eigenvalue weighted by atomic mass is 9.69. The van der Waals surface area contributed by atoms with Crippen LogP contribution >= 0.6 is 0 Å². The lowest BCUT2D eigenvalue weighted by Gasteiger charge is -2.39. The number of aliphatic hydroxyl groups excluding tert-OH is 1. The molecule has 7 nitrogen and oxygen atoms in total. The SMILES string of the molecule is CC1(C)C[C@H](Cc2nc(NCCc3ccc(C(=O)O)cc3)ncc2C#N)CC[C@@H]1O. The molecule has 3 N–H and O–H groups in total. The molecule has 1 aliphatic carbocycles. The fraction of sp³-hybridized carbons (Fsp3) is 0.478. The number of hydrogen-bond donors (Lipinski definition) is 3. The van der Waals surface area contributed by atoms with E-state index in [9.17, 15) is 15.2 Å². The maximum atomic E-state index is 10.9. The van der Waals surface area contributed by atoms with Crippen LogP contribution in [-0.2, 0) is 12.8 Å². The van der Waals surface area contributed by atoms with E-state index in [1.54, 1.807) is 30.5 Å². The van der Waals surface area contributed by atoms with Crippen LogP contribution in [0.1, 0.15) is 60.3 Å². The van der Waals surface area contributed by atoms with Gasteiger partial charge < -0.3 is 15.5 Å². The number of rotatable bonds is 7. The summed E-state index contributed by atoms with van der Waals surface area (Å²) in [6.45, 7) is 4.77. The Balaban J connectivity index is 1.61. The molecule has 0 spiro atoms. The number of anilines is 1. The summed E-state index contributed by atoms with van der Waals surface area (Å²) in [6.07, 6.45) is 5.29. The highest BCUT2D eigenvalue weighted by Gasteiger charge is 2.35. The van der Waals surface area contributed by atoms with Crippen molar-refractivity contribution in [2.24, 2.45) is 11.3 Å². The van der Waals surface area contributed by atoms with Gasteiger partial charge in [-0.15, -0.1) is 0 Å². The zero-order valence-corrected chi connectivity index (χ0v) is 17.4. The van der Waals surface area contributed by atoms with Gasteiger partial charge >= 0.3 is 5.97 Å². The summed E-state index contributed by atoms with van der Waals surface area (Å²) in [4.78, 5) is 19.8. The molecule has 7 heteroatoms. The fourth-order valence-electron chi connectivity index (χ4n) is 4.10. The fourth-order valence-corrected chi connectivity index (χ4v) is 4.10. The molecule has 1 aromatic carbocycles. The first kappa shape index (κ1) is 21.7. The second-order valence-electron chi connectivity index (χ2n) is 8.70. The Kier molecular flexibility index (Phi) is 6.68. The van der Waals surface area contributed by atoms with E-state index < -0.39 is 5.97 Å². The first-order valence-electron chi connectivity index (χ1n) is 10.3. The van der Waals surface area contributed by atoms with E-state index in [2.05, 4.69) is 35.2 Å². The topological polar surface area (TPSA) is 119 Å². The molecule has 0 saturated heterocycles. The zero-order valence-electron chi connectivity index (χ0n) is 17.4. The lowest BCUT2D eigenvalue weighted by molar-refractivity contribution is -0.00748. The van der Waals surface area contributed by atoms with Gasteiger partial charge in [0.05, 0.1) is 29.1 Å². The lowest BCUT2D eigenvalue weighted by Crippen LogP contribution is -2.37. The van der Waals surface area contributed by atoms with Crippen LogP contribution in [0.15, 0.2) is 30.5 Å². The second kappa shape index (κ2) is 9.23. The van der Waals surface area contributed by atoms with Crippen LogP contribution in [-0.4, -0.2) is 38.8 Å². The van der Waals surface area contributed by atoms with Crippen molar-refractivity contribution in [2.75, 3.05) is 11.9 Å². The average Bonchev–Trinajstić information content (AvgIpc) is 2.71. The minimum absolute atomic E-state index is 0.125. The first-order valence-corrected chi connectivity index (χ1v) is 10.3. The van der Waals surface area contributed by atoms with Crippen LogP contribution in [0.25, 0.3) is 0 Å². The maximum absolute atomic E-state index is 10.9. The van der Waals surface area contributed by atoms with Gasteiger partial charge in [-0.05, 0) is 61.1 Å². The molecule has 2 atom stereocenters. The zero-order chi connectivity index (χ0) is 21.7. The third kappa shape index (κ3) is 5.33. The molecular weight excluding hydrogens is 380 g/mol. The van der Waals surface area contributed by atoms with E-state index >= 15 is 0 Å². The summed E-state index contributed by atoms with van der Waals surface area (Å²) in [5.74, 6) is -0.0682. The molecule has 158 valence electrons. The Bertz CT molecular complexity index is 934. The Hall–Kier alpha value is -2.98. The van der Waals surface area contributed by atoms with Crippen molar-refractivity contribution in [3.63, 3.8) is 0 Å². The summed E-state index contributed by atoms with van der Waals surface area (Å²) < 4.78 is 0. The molecule has 0 bridgehead atoms. The largest absolute Gasteiger partial charge is 0.478 e. The molecule has 0 unspecified atom stereocenters. The normalized spacial score (nSPS) is 20.3. The molecule has 3 rings (SSSR count). The van der Waals surface area contributed by atoms with E-state index in [0.29, 0.717) is 36.8 Å². The van der Waals surface area contributed by atoms with Gasteiger partial charge in [-0.2, -0.15) is 5.26 Å². The molecule has 0 amide bonds. The summed E-state index contributed by atoms with van der Waals surface area (Å²) >= 11 is 0. The smallest absolute Gasteiger partial charge is 0.335 e. The number of nitrogens with one attached hydrogen (secondary N) is 1. The number of aromatic nitrogens is 2. The number of benzene rings is 1. The van der Waals surface area contributed by atoms with Crippen LogP contribution in [0.2, 0.25) is 0 Å². The highest BCUT2D eigenvalue weighted by Crippen LogP contribution is 2.40. The van der Waals surface area contributed by atoms with Gasteiger partial charge in [-0.25, -0.2) is 14.8 Å². The van der Waals surface area contributed by atoms with Crippen LogP contribution in [0.5, 0.6) is 0 Å². The number of aliphatic hydroxyl groups is 1. The summed E-state index contributed by atoms with van der Waals surface area (Å²) in [6, 6.07) is 8.98. The number of nitrogens with zero attached hydrogens (tertiary/aromatic N) is 3. The predicted octanol–water partition coefficient (Wildman–Crippen LogP) is 3.43. The van der Waals surface area contributed by atoms with Crippen molar-refractivity contribution in [2.45, 2.75) is 52.1 Å². The van der Waals surface area contributed by atoms with Crippen LogP contribution < -0.4 is 5.32 Å². The third-order valence-corrected chi connectivity index (χ3v) is 5.93. The van der Waals surface area contributed by atoms with Crippen molar-refractivity contribution in [1.82, 2.24) is 9.97 Å². The Morgan fingerprint density at radius 3 is 2.67 bits per heavy atom. The molecule has 1 fully saturated rings. The van der Waals surface area contributed by atoms with Gasteiger partial charge in [0.25, 0.3) is 0 Å². The second-order valence-corrected chi connectivity index (χ2v) is 8.70. The van der Waals surface area contributed by atoms with E-state index in [-0.39, 0.29) is 17.1 Å². The monoisotopic (exact) mass is 408 g/mol. The third-order valence-electron chi connectivity index (χ3n) is 5.93. The average molecular weight is 409 g/mol. The maximum Gasteiger partial charge on any atom is 0.335 e. The van der Waals surface area contributed by atoms with Crippen molar-refractivity contribution in [1.29, 1.82) is 5.26 Å². The summed E-state index contributed by atoms with van der Waals surface area (Å²) in [5.41, 5.74) is 2.40. The van der Waals surface area contributed by atoms with E-state index in [0.717, 1.165) is 30.5 Å². The van der Waals surface area contributed by atoms with Crippen molar-refractivity contribution in [3.05, 3.63) is 52.8 Å². The van der Waals surface area contributed by atoms with Crippen LogP contribution in [0.3, 0.4) is 0 Å². The summed E-state index contributed by atoms with van der Waals surface area (Å²) in [7, 11) is 0. The minimum atomic E-state index is -0.936. The number of nitriles is 1. The molecule has 1 saturated carbocycles. The Morgan fingerprint density at radius 2 is 2.03 bits per heavy atom. The van der Waals surface area contributed by atoms with E-state index in [1.807, 2.05) is 0 Å². The van der Waals surface area contributed by atoms with Crippen molar-refractivity contribution in [3.8, 4) is 6.07 Å². The predicted molar refractivity (Wildman–Crippen MR) is 113 cm³/mol. The van der Waals surface area contributed by atoms with Gasteiger partial charge in [0, 0.05) is 6.54 Å². The van der Waals surface area contributed by atoms with E-state index in [1.165, 1.54) is 0 Å². The van der Waals surface area contributed by atoms with Gasteiger partial charge in [0.1, 0.15) is 6.07 Å². The van der Waals surface area contributed by atoms with Gasteiger partial charge in [0.2, 0.25) is 5.95 Å². The first-order chi connectivity index (χ1) is 14.3. The molecule has 1 aromatic heterocycles. The van der Waals surface area contributed by atoms with Gasteiger partial charge in [-0.1, -0.05) is 26.0 Å². The molecule has 2 aromatic rings. The Morgan fingerprint density at radius 1 is 1.30 bits per heavy atom. The standard InChI is InChI=1S/C23H28N4O3/c1-23(2)12-16(5-8-20(23)28)11-19-18(13-24)14-26-22(27-19)25-10-9-15-3-6-17(7-4-15)21(29)30/h3-4,6-7,14,16,20,28H,5,8-12H2,1-2H3,(H,29,30)(H,25,26,27)/t16-,20-/m0/s1. The quantitative estimate of drug-likeness (QED) is 0.642. The highest BCUT2D eigenvalue weighted by molar-refractivity contribution is 5.87. The number of aromatic carboxylic acids is 1. The molecule has 30 heavy (non-hydrogen) atoms. The summed E-state index contributed by atoms with van der Waals surface area (Å²) in [5, 5.41) is 31.8. The molecular formula is C23H28N4O3. The molecule has 0 radical (unpaired) electrons. The molecule has 1 heterocycles. The van der Waals surface area contributed by atoms with Crippen molar-refractivity contribution >= 4 is 11.9 Å². The number of hydrogen-bond acceptors (Lipinski definition) is 6. The molecule has 1 aliphatic rings. The number of carbonyl (C=O) groups is 1. The Labute approximate surface area is 176 Å². The minimum Gasteiger partial charge on any atom is -0.478 e. The van der Waals surface area contributed by atoms with Gasteiger partial charge in [-0.3, -0.25) is 0 Å². The van der Waals surface area contributed by atoms with E-state index in [4.69, 9.17) is 5.11 Å². The van der Waals surface area contributed by atoms with Gasteiger partial charge in [0.15, 0.2) is 0 Å². The van der Waals surface area contributed by atoms with Crippen molar-refractivity contribution < 1.29 is 15.0 Å². The number of carboxylic acid groups (broad SMARTS) is 1. The van der Waals surface area contributed by atoms with Crippen LogP contribution in [0, 0.1) is 22.7 Å². The highest BCUT2D eigenvalue weighted by atomic mass is 16.4. The molecule has 0 aliphatic heterocycles.